The van der Waals surface area contributed by atoms with Crippen LogP contribution >= 0.6 is 0 Å². The minimum absolute atomic E-state index is 0.289. The number of aromatic nitrogens is 5. The molecule has 0 amide bonds. The van der Waals surface area contributed by atoms with E-state index in [2.05, 4.69) is 44.2 Å². The summed E-state index contributed by atoms with van der Waals surface area (Å²) in [5.74, 6) is 1.54. The second-order valence-corrected chi connectivity index (χ2v) is 10.6. The van der Waals surface area contributed by atoms with Gasteiger partial charge in [-0.2, -0.15) is 10.4 Å². The Kier molecular flexibility index (Phi) is 6.38. The van der Waals surface area contributed by atoms with Gasteiger partial charge in [0.1, 0.15) is 5.82 Å². The maximum Gasteiger partial charge on any atom is 0.212 e. The summed E-state index contributed by atoms with van der Waals surface area (Å²) in [5, 5.41) is 14.0. The number of nitriles is 1. The van der Waals surface area contributed by atoms with E-state index < -0.39 is 0 Å². The molecule has 10 heteroatoms. The SMILES string of the molecule is COc1ccc(CN2C3CC2CN(c2cnc(-c4cc(C5=CCOCC5)cn5ncc(CC#N)c45)cn2)C3)cn1. The first-order chi connectivity index (χ1) is 19.7. The van der Waals surface area contributed by atoms with Crippen molar-refractivity contribution in [2.24, 2.45) is 0 Å². The summed E-state index contributed by atoms with van der Waals surface area (Å²) in [6, 6.07) is 9.42. The molecule has 4 aromatic heterocycles. The van der Waals surface area contributed by atoms with Crippen LogP contribution in [0.5, 0.6) is 5.88 Å². The van der Waals surface area contributed by atoms with Gasteiger partial charge in [-0.1, -0.05) is 12.1 Å². The summed E-state index contributed by atoms with van der Waals surface area (Å²) in [7, 11) is 1.64. The fourth-order valence-corrected chi connectivity index (χ4v) is 6.15. The Morgan fingerprint density at radius 1 is 1.10 bits per heavy atom. The number of piperazine rings is 1. The van der Waals surface area contributed by atoms with E-state index >= 15 is 0 Å². The second kappa shape index (κ2) is 10.3. The number of piperidine rings is 1. The minimum Gasteiger partial charge on any atom is -0.481 e. The Balaban J connectivity index is 1.12. The molecule has 3 fully saturated rings. The number of pyridine rings is 2. The predicted octanol–water partition coefficient (Wildman–Crippen LogP) is 3.53. The number of methoxy groups -OCH3 is 1. The Morgan fingerprint density at radius 2 is 2.00 bits per heavy atom. The first kappa shape index (κ1) is 24.7. The molecule has 0 spiro atoms. The Labute approximate surface area is 232 Å². The molecule has 2 bridgehead atoms. The molecule has 0 radical (unpaired) electrons. The summed E-state index contributed by atoms with van der Waals surface area (Å²) >= 11 is 0. The van der Waals surface area contributed by atoms with Crippen LogP contribution in [0.15, 0.2) is 55.3 Å². The van der Waals surface area contributed by atoms with E-state index in [0.29, 0.717) is 31.2 Å². The van der Waals surface area contributed by atoms with Crippen LogP contribution in [0.1, 0.15) is 29.5 Å². The maximum absolute atomic E-state index is 9.39. The van der Waals surface area contributed by atoms with Gasteiger partial charge in [-0.3, -0.25) is 9.88 Å². The summed E-state index contributed by atoms with van der Waals surface area (Å²) in [6.07, 6.45) is 13.9. The van der Waals surface area contributed by atoms with E-state index in [0.717, 1.165) is 59.8 Å². The topological polar surface area (TPSA) is 105 Å². The molecule has 4 aliphatic rings. The number of nitrogens with zero attached hydrogens (tertiary/aromatic N) is 8. The normalized spacial score (nSPS) is 20.6. The van der Waals surface area contributed by atoms with Crippen molar-refractivity contribution >= 4 is 16.9 Å². The van der Waals surface area contributed by atoms with Crippen molar-refractivity contribution in [1.82, 2.24) is 29.5 Å². The fraction of sp³-hybridized carbons (Fsp3) is 0.367. The Hall–Kier alpha value is -4.33. The van der Waals surface area contributed by atoms with Crippen molar-refractivity contribution in [3.63, 3.8) is 0 Å². The van der Waals surface area contributed by atoms with Crippen molar-refractivity contribution in [3.05, 3.63) is 71.9 Å². The zero-order chi connectivity index (χ0) is 27.1. The van der Waals surface area contributed by atoms with Crippen molar-refractivity contribution in [2.75, 3.05) is 38.3 Å². The van der Waals surface area contributed by atoms with Gasteiger partial charge in [0.2, 0.25) is 5.88 Å². The van der Waals surface area contributed by atoms with Gasteiger partial charge in [-0.25, -0.2) is 14.5 Å². The largest absolute Gasteiger partial charge is 0.481 e. The molecule has 2 atom stereocenters. The van der Waals surface area contributed by atoms with Gasteiger partial charge in [0, 0.05) is 61.3 Å². The van der Waals surface area contributed by atoms with Gasteiger partial charge in [0.15, 0.2) is 0 Å². The van der Waals surface area contributed by atoms with Gasteiger partial charge in [-0.15, -0.1) is 0 Å². The summed E-state index contributed by atoms with van der Waals surface area (Å²) in [4.78, 5) is 19.0. The van der Waals surface area contributed by atoms with Crippen molar-refractivity contribution in [2.45, 2.75) is 37.9 Å². The highest BCUT2D eigenvalue weighted by molar-refractivity contribution is 5.84. The Morgan fingerprint density at radius 3 is 2.70 bits per heavy atom. The molecule has 0 aromatic carbocycles. The lowest BCUT2D eigenvalue weighted by molar-refractivity contribution is -0.00879. The van der Waals surface area contributed by atoms with Crippen LogP contribution in [0.2, 0.25) is 0 Å². The molecule has 4 aliphatic heterocycles. The van der Waals surface area contributed by atoms with Crippen LogP contribution in [-0.4, -0.2) is 75.0 Å². The maximum atomic E-state index is 9.39. The molecular formula is C30H30N8O2. The Bertz CT molecular complexity index is 1590. The lowest BCUT2D eigenvalue weighted by Crippen LogP contribution is -2.68. The van der Waals surface area contributed by atoms with E-state index in [4.69, 9.17) is 19.4 Å². The molecular weight excluding hydrogens is 504 g/mol. The van der Waals surface area contributed by atoms with Gasteiger partial charge in [0.25, 0.3) is 0 Å². The average molecular weight is 535 g/mol. The summed E-state index contributed by atoms with van der Waals surface area (Å²) < 4.78 is 12.6. The van der Waals surface area contributed by atoms with E-state index in [1.165, 1.54) is 17.6 Å². The highest BCUT2D eigenvalue weighted by atomic mass is 16.5. The molecule has 0 N–H and O–H groups in total. The molecule has 3 saturated heterocycles. The van der Waals surface area contributed by atoms with Crippen molar-refractivity contribution in [1.29, 1.82) is 5.26 Å². The molecule has 2 unspecified atom stereocenters. The number of fused-ring (bicyclic) bond motifs is 3. The second-order valence-electron chi connectivity index (χ2n) is 10.6. The minimum atomic E-state index is 0.289. The number of ether oxygens (including phenoxy) is 2. The van der Waals surface area contributed by atoms with Gasteiger partial charge in [-0.05, 0) is 35.6 Å². The first-order valence-corrected chi connectivity index (χ1v) is 13.7. The molecule has 8 heterocycles. The monoisotopic (exact) mass is 534 g/mol. The third-order valence-electron chi connectivity index (χ3n) is 8.25. The fourth-order valence-electron chi connectivity index (χ4n) is 6.15. The van der Waals surface area contributed by atoms with Gasteiger partial charge < -0.3 is 14.4 Å². The van der Waals surface area contributed by atoms with E-state index in [-0.39, 0.29) is 6.42 Å². The van der Waals surface area contributed by atoms with E-state index in [1.807, 2.05) is 35.4 Å². The van der Waals surface area contributed by atoms with Crippen LogP contribution in [0.25, 0.3) is 22.3 Å². The van der Waals surface area contributed by atoms with Gasteiger partial charge >= 0.3 is 0 Å². The molecule has 40 heavy (non-hydrogen) atoms. The van der Waals surface area contributed by atoms with Crippen LogP contribution in [0.4, 0.5) is 5.82 Å². The summed E-state index contributed by atoms with van der Waals surface area (Å²) in [5.41, 5.74) is 7.03. The molecule has 202 valence electrons. The lowest BCUT2D eigenvalue weighted by atomic mass is 9.87. The van der Waals surface area contributed by atoms with Crippen LogP contribution in [0.3, 0.4) is 0 Å². The standard InChI is InChI=1S/C30H30N8O2/c1-39-29-3-2-20(12-34-29)16-37-24-11-25(37)19-36(18-24)28-15-32-27(14-33-28)26-10-23(21-5-8-40-9-6-21)17-38-30(26)22(4-7-31)13-35-38/h2-3,5,10,12-15,17,24-25H,4,6,8-9,11,16,18-19H2,1H3. The van der Waals surface area contributed by atoms with Crippen LogP contribution in [0, 0.1) is 11.3 Å². The smallest absolute Gasteiger partial charge is 0.212 e. The molecule has 4 aromatic rings. The molecule has 0 aliphatic carbocycles. The summed E-state index contributed by atoms with van der Waals surface area (Å²) in [6.45, 7) is 4.08. The highest BCUT2D eigenvalue weighted by Crippen LogP contribution is 2.36. The number of anilines is 1. The molecule has 10 nitrogen and oxygen atoms in total. The van der Waals surface area contributed by atoms with E-state index in [9.17, 15) is 5.26 Å². The lowest BCUT2D eigenvalue weighted by Gasteiger charge is -2.56. The van der Waals surface area contributed by atoms with Crippen LogP contribution in [-0.2, 0) is 17.7 Å². The van der Waals surface area contributed by atoms with Crippen molar-refractivity contribution in [3.8, 4) is 23.2 Å². The quantitative estimate of drug-likeness (QED) is 0.352. The number of rotatable bonds is 7. The third kappa shape index (κ3) is 4.47. The average Bonchev–Trinajstić information content (AvgIpc) is 3.43. The number of hydrogen-bond acceptors (Lipinski definition) is 9. The predicted molar refractivity (Wildman–Crippen MR) is 150 cm³/mol. The number of hydrogen-bond donors (Lipinski definition) is 0. The van der Waals surface area contributed by atoms with Crippen molar-refractivity contribution < 1.29 is 9.47 Å². The zero-order valence-corrected chi connectivity index (χ0v) is 22.4. The third-order valence-corrected chi connectivity index (χ3v) is 8.25. The highest BCUT2D eigenvalue weighted by Gasteiger charge is 2.44. The van der Waals surface area contributed by atoms with Crippen LogP contribution < -0.4 is 9.64 Å². The van der Waals surface area contributed by atoms with Gasteiger partial charge in [0.05, 0.1) is 62.6 Å². The molecule has 0 saturated carbocycles. The molecule has 8 rings (SSSR count). The first-order valence-electron chi connectivity index (χ1n) is 13.7. The zero-order valence-electron chi connectivity index (χ0n) is 22.4. The van der Waals surface area contributed by atoms with E-state index in [1.54, 1.807) is 13.3 Å².